The van der Waals surface area contributed by atoms with Gasteiger partial charge in [0.1, 0.15) is 5.82 Å². The molecule has 19 heavy (non-hydrogen) atoms. The van der Waals surface area contributed by atoms with Crippen LogP contribution >= 0.6 is 0 Å². The zero-order valence-corrected chi connectivity index (χ0v) is 11.6. The van der Waals surface area contributed by atoms with E-state index in [0.29, 0.717) is 11.6 Å². The van der Waals surface area contributed by atoms with Gasteiger partial charge >= 0.3 is 0 Å². The molecule has 1 aliphatic heterocycles. The second-order valence-electron chi connectivity index (χ2n) is 5.08. The molecule has 1 aromatic carbocycles. The summed E-state index contributed by atoms with van der Waals surface area (Å²) in [4.78, 5) is 14.2. The molecule has 1 amide bonds. The van der Waals surface area contributed by atoms with Gasteiger partial charge in [0.25, 0.3) is 5.91 Å². The second-order valence-corrected chi connectivity index (χ2v) is 5.08. The van der Waals surface area contributed by atoms with E-state index >= 15 is 0 Å². The highest BCUT2D eigenvalue weighted by Gasteiger charge is 2.24. The minimum Gasteiger partial charge on any atom is -0.339 e. The number of nitrogens with zero attached hydrogens (tertiary/aromatic N) is 1. The van der Waals surface area contributed by atoms with E-state index in [0.717, 1.165) is 38.0 Å². The van der Waals surface area contributed by atoms with E-state index in [1.165, 1.54) is 12.1 Å². The van der Waals surface area contributed by atoms with E-state index in [4.69, 9.17) is 0 Å². The van der Waals surface area contributed by atoms with Crippen LogP contribution in [-0.4, -0.2) is 36.5 Å². The number of piperidine rings is 1. The van der Waals surface area contributed by atoms with E-state index in [1.807, 2.05) is 11.8 Å². The molecule has 104 valence electrons. The van der Waals surface area contributed by atoms with Gasteiger partial charge in [-0.1, -0.05) is 13.0 Å². The summed E-state index contributed by atoms with van der Waals surface area (Å²) in [5.74, 6) is -0.400. The normalized spacial score (nSPS) is 16.7. The average Bonchev–Trinajstić information content (AvgIpc) is 2.42. The third-order valence-corrected chi connectivity index (χ3v) is 3.70. The minimum absolute atomic E-state index is 0.0491. The number of aryl methyl sites for hydroxylation is 1. The van der Waals surface area contributed by atoms with E-state index in [1.54, 1.807) is 6.07 Å². The monoisotopic (exact) mass is 264 g/mol. The molecule has 3 nitrogen and oxygen atoms in total. The molecule has 2 rings (SSSR count). The number of halogens is 1. The number of rotatable bonds is 3. The Morgan fingerprint density at radius 2 is 2.11 bits per heavy atom. The van der Waals surface area contributed by atoms with Crippen LogP contribution in [-0.2, 0) is 0 Å². The Hall–Kier alpha value is -1.42. The van der Waals surface area contributed by atoms with Gasteiger partial charge in [-0.2, -0.15) is 0 Å². The molecule has 0 unspecified atom stereocenters. The SMILES string of the molecule is CCNC1CCN(C(=O)c2cc(F)ccc2C)CC1. The summed E-state index contributed by atoms with van der Waals surface area (Å²) in [6.07, 6.45) is 1.93. The molecule has 1 aliphatic rings. The van der Waals surface area contributed by atoms with Gasteiger partial charge in [0.05, 0.1) is 0 Å². The standard InChI is InChI=1S/C15H21FN2O/c1-3-17-13-6-8-18(9-7-13)15(19)14-10-12(16)5-4-11(14)2/h4-5,10,13,17H,3,6-9H2,1-2H3. The van der Waals surface area contributed by atoms with Gasteiger partial charge < -0.3 is 10.2 Å². The van der Waals surface area contributed by atoms with Crippen molar-refractivity contribution in [1.82, 2.24) is 10.2 Å². The minimum atomic E-state index is -0.350. The van der Waals surface area contributed by atoms with Crippen molar-refractivity contribution in [3.63, 3.8) is 0 Å². The molecule has 1 fully saturated rings. The van der Waals surface area contributed by atoms with Crippen LogP contribution in [0.3, 0.4) is 0 Å². The van der Waals surface area contributed by atoms with Crippen molar-refractivity contribution in [2.45, 2.75) is 32.7 Å². The Balaban J connectivity index is 2.03. The lowest BCUT2D eigenvalue weighted by molar-refractivity contribution is 0.0704. The van der Waals surface area contributed by atoms with Crippen LogP contribution in [0.1, 0.15) is 35.7 Å². The average molecular weight is 264 g/mol. The van der Waals surface area contributed by atoms with Crippen molar-refractivity contribution in [3.05, 3.63) is 35.1 Å². The fraction of sp³-hybridized carbons (Fsp3) is 0.533. The smallest absolute Gasteiger partial charge is 0.254 e. The summed E-state index contributed by atoms with van der Waals surface area (Å²) < 4.78 is 13.3. The number of hydrogen-bond donors (Lipinski definition) is 1. The van der Waals surface area contributed by atoms with Crippen molar-refractivity contribution in [2.75, 3.05) is 19.6 Å². The number of carbonyl (C=O) groups excluding carboxylic acids is 1. The summed E-state index contributed by atoms with van der Waals surface area (Å²) in [5.41, 5.74) is 1.32. The largest absolute Gasteiger partial charge is 0.339 e. The fourth-order valence-corrected chi connectivity index (χ4v) is 2.57. The van der Waals surface area contributed by atoms with Crippen LogP contribution in [0.25, 0.3) is 0 Å². The number of nitrogens with one attached hydrogen (secondary N) is 1. The molecule has 0 saturated carbocycles. The van der Waals surface area contributed by atoms with Crippen LogP contribution < -0.4 is 5.32 Å². The number of likely N-dealkylation sites (tertiary alicyclic amines) is 1. The summed E-state index contributed by atoms with van der Waals surface area (Å²) >= 11 is 0. The lowest BCUT2D eigenvalue weighted by Gasteiger charge is -2.32. The van der Waals surface area contributed by atoms with Crippen molar-refractivity contribution in [3.8, 4) is 0 Å². The molecule has 1 heterocycles. The Kier molecular flexibility index (Phi) is 4.53. The highest BCUT2D eigenvalue weighted by atomic mass is 19.1. The summed E-state index contributed by atoms with van der Waals surface area (Å²) in [7, 11) is 0. The molecule has 1 N–H and O–H groups in total. The zero-order chi connectivity index (χ0) is 13.8. The molecule has 1 saturated heterocycles. The maximum Gasteiger partial charge on any atom is 0.254 e. The van der Waals surface area contributed by atoms with Crippen LogP contribution in [0.4, 0.5) is 4.39 Å². The van der Waals surface area contributed by atoms with Crippen LogP contribution in [0, 0.1) is 12.7 Å². The first-order chi connectivity index (χ1) is 9.11. The van der Waals surface area contributed by atoms with Gasteiger partial charge in [-0.05, 0) is 44.0 Å². The second kappa shape index (κ2) is 6.15. The van der Waals surface area contributed by atoms with E-state index < -0.39 is 0 Å². The first kappa shape index (κ1) is 14.0. The lowest BCUT2D eigenvalue weighted by Crippen LogP contribution is -2.45. The quantitative estimate of drug-likeness (QED) is 0.909. The third kappa shape index (κ3) is 3.32. The highest BCUT2D eigenvalue weighted by molar-refractivity contribution is 5.95. The van der Waals surface area contributed by atoms with Crippen molar-refractivity contribution in [1.29, 1.82) is 0 Å². The van der Waals surface area contributed by atoms with Crippen LogP contribution in [0.5, 0.6) is 0 Å². The molecular weight excluding hydrogens is 243 g/mol. The molecule has 0 aliphatic carbocycles. The molecule has 4 heteroatoms. The Morgan fingerprint density at radius 1 is 1.42 bits per heavy atom. The van der Waals surface area contributed by atoms with Gasteiger partial charge in [0.15, 0.2) is 0 Å². The molecule has 0 spiro atoms. The molecule has 0 radical (unpaired) electrons. The van der Waals surface area contributed by atoms with E-state index in [-0.39, 0.29) is 11.7 Å². The fourth-order valence-electron chi connectivity index (χ4n) is 2.57. The molecular formula is C15H21FN2O. The van der Waals surface area contributed by atoms with Crippen molar-refractivity contribution < 1.29 is 9.18 Å². The molecule has 0 atom stereocenters. The number of benzene rings is 1. The van der Waals surface area contributed by atoms with Gasteiger partial charge in [-0.15, -0.1) is 0 Å². The first-order valence-corrected chi connectivity index (χ1v) is 6.90. The predicted molar refractivity (Wildman–Crippen MR) is 73.7 cm³/mol. The maximum absolute atomic E-state index is 13.3. The maximum atomic E-state index is 13.3. The van der Waals surface area contributed by atoms with Gasteiger partial charge in [-0.25, -0.2) is 4.39 Å². The number of hydrogen-bond acceptors (Lipinski definition) is 2. The van der Waals surface area contributed by atoms with Gasteiger partial charge in [0, 0.05) is 24.7 Å². The summed E-state index contributed by atoms with van der Waals surface area (Å²) in [6.45, 7) is 6.38. The van der Waals surface area contributed by atoms with Gasteiger partial charge in [0.2, 0.25) is 0 Å². The Labute approximate surface area is 113 Å². The Morgan fingerprint density at radius 3 is 2.74 bits per heavy atom. The van der Waals surface area contributed by atoms with Crippen molar-refractivity contribution in [2.24, 2.45) is 0 Å². The lowest BCUT2D eigenvalue weighted by atomic mass is 10.0. The van der Waals surface area contributed by atoms with Gasteiger partial charge in [-0.3, -0.25) is 4.79 Å². The zero-order valence-electron chi connectivity index (χ0n) is 11.6. The Bertz CT molecular complexity index is 453. The van der Waals surface area contributed by atoms with Crippen LogP contribution in [0.15, 0.2) is 18.2 Å². The predicted octanol–water partition coefficient (Wildman–Crippen LogP) is 2.35. The molecule has 0 aromatic heterocycles. The third-order valence-electron chi connectivity index (χ3n) is 3.70. The first-order valence-electron chi connectivity index (χ1n) is 6.90. The van der Waals surface area contributed by atoms with Crippen LogP contribution in [0.2, 0.25) is 0 Å². The van der Waals surface area contributed by atoms with E-state index in [9.17, 15) is 9.18 Å². The molecule has 0 bridgehead atoms. The molecule has 1 aromatic rings. The number of carbonyl (C=O) groups is 1. The summed E-state index contributed by atoms with van der Waals surface area (Å²) in [5, 5.41) is 3.41. The van der Waals surface area contributed by atoms with Crippen molar-refractivity contribution >= 4 is 5.91 Å². The number of amides is 1. The highest BCUT2D eigenvalue weighted by Crippen LogP contribution is 2.17. The topological polar surface area (TPSA) is 32.3 Å². The summed E-state index contributed by atoms with van der Waals surface area (Å²) in [6, 6.07) is 4.90. The van der Waals surface area contributed by atoms with E-state index in [2.05, 4.69) is 12.2 Å².